The van der Waals surface area contributed by atoms with Gasteiger partial charge in [0.25, 0.3) is 0 Å². The third-order valence-electron chi connectivity index (χ3n) is 3.20. The van der Waals surface area contributed by atoms with Crippen LogP contribution in [0.2, 0.25) is 5.02 Å². The summed E-state index contributed by atoms with van der Waals surface area (Å²) in [6, 6.07) is 14.2. The lowest BCUT2D eigenvalue weighted by Crippen LogP contribution is -2.18. The van der Waals surface area contributed by atoms with Crippen molar-refractivity contribution in [3.05, 3.63) is 63.1 Å². The van der Waals surface area contributed by atoms with Gasteiger partial charge in [-0.2, -0.15) is 0 Å². The summed E-state index contributed by atoms with van der Waals surface area (Å²) in [5.41, 5.74) is 2.34. The van der Waals surface area contributed by atoms with Gasteiger partial charge >= 0.3 is 0 Å². The molecule has 2 rings (SSSR count). The van der Waals surface area contributed by atoms with E-state index in [1.54, 1.807) is 7.11 Å². The van der Waals surface area contributed by atoms with Gasteiger partial charge in [0, 0.05) is 22.6 Å². The van der Waals surface area contributed by atoms with Gasteiger partial charge in [-0.1, -0.05) is 35.9 Å². The van der Waals surface area contributed by atoms with Gasteiger partial charge in [0.2, 0.25) is 0 Å². The van der Waals surface area contributed by atoms with E-state index in [1.165, 1.54) is 5.56 Å². The Hall–Kier alpha value is -1.03. The fourth-order valence-corrected chi connectivity index (χ4v) is 2.60. The number of halogens is 2. The summed E-state index contributed by atoms with van der Waals surface area (Å²) in [6.45, 7) is 2.90. The number of methoxy groups -OCH3 is 1. The SMILES string of the molecule is COc1ccccc1[C@@H](C)NCc1ccc(Cl)c(Br)c1. The maximum atomic E-state index is 6.00. The molecule has 2 aromatic rings. The van der Waals surface area contributed by atoms with E-state index in [1.807, 2.05) is 36.4 Å². The molecule has 0 heterocycles. The molecule has 4 heteroatoms. The van der Waals surface area contributed by atoms with E-state index < -0.39 is 0 Å². The van der Waals surface area contributed by atoms with Gasteiger partial charge in [-0.05, 0) is 46.6 Å². The zero-order valence-corrected chi connectivity index (χ0v) is 13.8. The molecule has 106 valence electrons. The predicted molar refractivity (Wildman–Crippen MR) is 87.4 cm³/mol. The van der Waals surface area contributed by atoms with Gasteiger partial charge in [-0.15, -0.1) is 0 Å². The Labute approximate surface area is 133 Å². The number of nitrogens with one attached hydrogen (secondary N) is 1. The average Bonchev–Trinajstić information content (AvgIpc) is 2.48. The van der Waals surface area contributed by atoms with E-state index in [9.17, 15) is 0 Å². The molecule has 0 saturated carbocycles. The van der Waals surface area contributed by atoms with Gasteiger partial charge in [0.1, 0.15) is 5.75 Å². The molecule has 0 fully saturated rings. The van der Waals surface area contributed by atoms with Crippen molar-refractivity contribution in [2.75, 3.05) is 7.11 Å². The van der Waals surface area contributed by atoms with E-state index in [0.717, 1.165) is 27.4 Å². The molecular formula is C16H17BrClNO. The fourth-order valence-electron chi connectivity index (χ4n) is 2.05. The lowest BCUT2D eigenvalue weighted by Gasteiger charge is -2.17. The molecule has 0 amide bonds. The molecule has 2 nitrogen and oxygen atoms in total. The number of benzene rings is 2. The molecule has 1 N–H and O–H groups in total. The molecule has 0 bridgehead atoms. The van der Waals surface area contributed by atoms with Crippen molar-refractivity contribution < 1.29 is 4.74 Å². The minimum Gasteiger partial charge on any atom is -0.496 e. The van der Waals surface area contributed by atoms with E-state index in [2.05, 4.69) is 34.2 Å². The first-order valence-electron chi connectivity index (χ1n) is 6.42. The van der Waals surface area contributed by atoms with E-state index in [4.69, 9.17) is 16.3 Å². The fraction of sp³-hybridized carbons (Fsp3) is 0.250. The smallest absolute Gasteiger partial charge is 0.123 e. The van der Waals surface area contributed by atoms with Crippen LogP contribution in [0.15, 0.2) is 46.9 Å². The van der Waals surface area contributed by atoms with Crippen molar-refractivity contribution in [2.45, 2.75) is 19.5 Å². The number of ether oxygens (including phenoxy) is 1. The topological polar surface area (TPSA) is 21.3 Å². The zero-order chi connectivity index (χ0) is 14.5. The molecule has 0 spiro atoms. The molecule has 2 aromatic carbocycles. The Kier molecular flexibility index (Phi) is 5.46. The van der Waals surface area contributed by atoms with Crippen LogP contribution < -0.4 is 10.1 Å². The standard InChI is InChI=1S/C16H17BrClNO/c1-11(13-5-3-4-6-16(13)20-2)19-10-12-7-8-15(18)14(17)9-12/h3-9,11,19H,10H2,1-2H3/t11-/m1/s1. The predicted octanol–water partition coefficient (Wildman–Crippen LogP) is 4.96. The van der Waals surface area contributed by atoms with Crippen molar-refractivity contribution in [2.24, 2.45) is 0 Å². The molecule has 0 aliphatic carbocycles. The number of rotatable bonds is 5. The normalized spacial score (nSPS) is 12.2. The molecule has 20 heavy (non-hydrogen) atoms. The molecular weight excluding hydrogens is 338 g/mol. The van der Waals surface area contributed by atoms with Crippen LogP contribution in [-0.2, 0) is 6.54 Å². The van der Waals surface area contributed by atoms with Crippen molar-refractivity contribution in [3.8, 4) is 5.75 Å². The van der Waals surface area contributed by atoms with Crippen LogP contribution in [-0.4, -0.2) is 7.11 Å². The summed E-state index contributed by atoms with van der Waals surface area (Å²) in [6.07, 6.45) is 0. The Morgan fingerprint density at radius 1 is 1.25 bits per heavy atom. The van der Waals surface area contributed by atoms with Crippen LogP contribution in [0, 0.1) is 0 Å². The first kappa shape index (κ1) is 15.4. The van der Waals surface area contributed by atoms with Crippen LogP contribution >= 0.6 is 27.5 Å². The summed E-state index contributed by atoms with van der Waals surface area (Å²) in [4.78, 5) is 0. The lowest BCUT2D eigenvalue weighted by atomic mass is 10.1. The van der Waals surface area contributed by atoms with Crippen molar-refractivity contribution >= 4 is 27.5 Å². The summed E-state index contributed by atoms with van der Waals surface area (Å²) < 4.78 is 6.31. The number of para-hydroxylation sites is 1. The second-order valence-electron chi connectivity index (χ2n) is 4.59. The van der Waals surface area contributed by atoms with Crippen LogP contribution in [0.1, 0.15) is 24.1 Å². The molecule has 1 atom stereocenters. The van der Waals surface area contributed by atoms with Gasteiger partial charge in [-0.3, -0.25) is 0 Å². The summed E-state index contributed by atoms with van der Waals surface area (Å²) >= 11 is 9.44. The van der Waals surface area contributed by atoms with Gasteiger partial charge in [0.15, 0.2) is 0 Å². The highest BCUT2D eigenvalue weighted by Crippen LogP contribution is 2.26. The minimum absolute atomic E-state index is 0.209. The second kappa shape index (κ2) is 7.11. The van der Waals surface area contributed by atoms with Crippen LogP contribution in [0.4, 0.5) is 0 Å². The Morgan fingerprint density at radius 2 is 2.00 bits per heavy atom. The highest BCUT2D eigenvalue weighted by molar-refractivity contribution is 9.10. The van der Waals surface area contributed by atoms with Gasteiger partial charge in [0.05, 0.1) is 12.1 Å². The number of hydrogen-bond donors (Lipinski definition) is 1. The second-order valence-corrected chi connectivity index (χ2v) is 5.85. The van der Waals surface area contributed by atoms with E-state index >= 15 is 0 Å². The number of hydrogen-bond acceptors (Lipinski definition) is 2. The van der Waals surface area contributed by atoms with Crippen molar-refractivity contribution in [1.29, 1.82) is 0 Å². The van der Waals surface area contributed by atoms with Gasteiger partial charge in [-0.25, -0.2) is 0 Å². The summed E-state index contributed by atoms with van der Waals surface area (Å²) in [7, 11) is 1.70. The monoisotopic (exact) mass is 353 g/mol. The van der Waals surface area contributed by atoms with Crippen molar-refractivity contribution in [3.63, 3.8) is 0 Å². The van der Waals surface area contributed by atoms with Crippen LogP contribution in [0.25, 0.3) is 0 Å². The Morgan fingerprint density at radius 3 is 2.70 bits per heavy atom. The first-order valence-corrected chi connectivity index (χ1v) is 7.59. The summed E-state index contributed by atoms with van der Waals surface area (Å²) in [5.74, 6) is 0.907. The van der Waals surface area contributed by atoms with E-state index in [-0.39, 0.29) is 6.04 Å². The quantitative estimate of drug-likeness (QED) is 0.819. The summed E-state index contributed by atoms with van der Waals surface area (Å²) in [5, 5.41) is 4.22. The molecule has 0 aliphatic heterocycles. The van der Waals surface area contributed by atoms with Gasteiger partial charge < -0.3 is 10.1 Å². The molecule has 0 unspecified atom stereocenters. The highest BCUT2D eigenvalue weighted by atomic mass is 79.9. The highest BCUT2D eigenvalue weighted by Gasteiger charge is 2.10. The average molecular weight is 355 g/mol. The Balaban J connectivity index is 2.04. The third-order valence-corrected chi connectivity index (χ3v) is 4.42. The molecule has 0 aromatic heterocycles. The van der Waals surface area contributed by atoms with Crippen LogP contribution in [0.3, 0.4) is 0 Å². The van der Waals surface area contributed by atoms with Crippen LogP contribution in [0.5, 0.6) is 5.75 Å². The van der Waals surface area contributed by atoms with E-state index in [0.29, 0.717) is 0 Å². The van der Waals surface area contributed by atoms with Crippen molar-refractivity contribution in [1.82, 2.24) is 5.32 Å². The minimum atomic E-state index is 0.209. The molecule has 0 radical (unpaired) electrons. The molecule has 0 aliphatic rings. The maximum absolute atomic E-state index is 6.00. The largest absolute Gasteiger partial charge is 0.496 e. The lowest BCUT2D eigenvalue weighted by molar-refractivity contribution is 0.401. The maximum Gasteiger partial charge on any atom is 0.123 e. The third kappa shape index (κ3) is 3.75. The molecule has 0 saturated heterocycles. The zero-order valence-electron chi connectivity index (χ0n) is 11.5. The Bertz CT molecular complexity index is 588. The first-order chi connectivity index (χ1) is 9.61.